The van der Waals surface area contributed by atoms with Gasteiger partial charge in [-0.15, -0.1) is 0 Å². The number of nitrogens with zero attached hydrogens (tertiary/aromatic N) is 1. The molecule has 0 bridgehead atoms. The van der Waals surface area contributed by atoms with Crippen molar-refractivity contribution in [2.45, 2.75) is 45.1 Å². The monoisotopic (exact) mass is 328 g/mol. The molecule has 0 unspecified atom stereocenters. The molecule has 1 heterocycles. The van der Waals surface area contributed by atoms with Crippen LogP contribution >= 0.6 is 0 Å². The van der Waals surface area contributed by atoms with E-state index < -0.39 is 0 Å². The van der Waals surface area contributed by atoms with Crippen LogP contribution < -0.4 is 5.32 Å². The summed E-state index contributed by atoms with van der Waals surface area (Å²) in [5.41, 5.74) is 1.03. The molecule has 24 heavy (non-hydrogen) atoms. The first-order valence-electron chi connectivity index (χ1n) is 8.77. The van der Waals surface area contributed by atoms with Crippen LogP contribution in [0, 0.1) is 11.8 Å². The zero-order valence-corrected chi connectivity index (χ0v) is 14.0. The molecule has 1 aromatic rings. The summed E-state index contributed by atoms with van der Waals surface area (Å²) >= 11 is 0. The summed E-state index contributed by atoms with van der Waals surface area (Å²) < 4.78 is 0. The van der Waals surface area contributed by atoms with Gasteiger partial charge in [-0.2, -0.15) is 0 Å². The Morgan fingerprint density at radius 1 is 1.12 bits per heavy atom. The molecule has 2 fully saturated rings. The molecule has 5 heteroatoms. The van der Waals surface area contributed by atoms with Crippen LogP contribution in [-0.4, -0.2) is 29.2 Å². The quantitative estimate of drug-likeness (QED) is 0.844. The zero-order chi connectivity index (χ0) is 17.1. The highest BCUT2D eigenvalue weighted by Crippen LogP contribution is 2.37. The fraction of sp³-hybridized carbons (Fsp3) is 0.526. The summed E-state index contributed by atoms with van der Waals surface area (Å²) in [6, 6.07) is 9.63. The number of hydrogen-bond acceptors (Lipinski definition) is 3. The number of amides is 3. The van der Waals surface area contributed by atoms with Gasteiger partial charge in [0.25, 0.3) is 0 Å². The number of hydrogen-bond donors (Lipinski definition) is 1. The Bertz CT molecular complexity index is 605. The average molecular weight is 328 g/mol. The zero-order valence-electron chi connectivity index (χ0n) is 14.0. The third-order valence-electron chi connectivity index (χ3n) is 5.17. The normalized spacial score (nSPS) is 24.6. The van der Waals surface area contributed by atoms with Crippen LogP contribution in [0.2, 0.25) is 0 Å². The van der Waals surface area contributed by atoms with Gasteiger partial charge in [-0.25, -0.2) is 0 Å². The van der Waals surface area contributed by atoms with Gasteiger partial charge in [0.1, 0.15) is 0 Å². The molecule has 0 aromatic heterocycles. The summed E-state index contributed by atoms with van der Waals surface area (Å²) in [6.45, 7) is 2.12. The molecule has 1 aliphatic heterocycles. The van der Waals surface area contributed by atoms with Gasteiger partial charge in [0.2, 0.25) is 17.7 Å². The predicted molar refractivity (Wildman–Crippen MR) is 89.8 cm³/mol. The van der Waals surface area contributed by atoms with E-state index in [0.29, 0.717) is 0 Å². The molecule has 1 saturated heterocycles. The minimum atomic E-state index is -0.141. The van der Waals surface area contributed by atoms with Crippen LogP contribution in [0.3, 0.4) is 0 Å². The minimum absolute atomic E-state index is 0.0754. The Morgan fingerprint density at radius 2 is 1.71 bits per heavy atom. The summed E-state index contributed by atoms with van der Waals surface area (Å²) in [4.78, 5) is 38.2. The maximum atomic E-state index is 12.4. The van der Waals surface area contributed by atoms with Gasteiger partial charge in [-0.3, -0.25) is 19.3 Å². The lowest BCUT2D eigenvalue weighted by molar-refractivity contribution is -0.140. The first kappa shape index (κ1) is 16.7. The van der Waals surface area contributed by atoms with Crippen LogP contribution in [0.25, 0.3) is 0 Å². The van der Waals surface area contributed by atoms with Crippen molar-refractivity contribution in [3.63, 3.8) is 0 Å². The van der Waals surface area contributed by atoms with Crippen LogP contribution in [0.4, 0.5) is 0 Å². The van der Waals surface area contributed by atoms with E-state index in [4.69, 9.17) is 0 Å². The summed E-state index contributed by atoms with van der Waals surface area (Å²) in [5, 5.41) is 2.92. The number of imide groups is 1. The topological polar surface area (TPSA) is 66.5 Å². The fourth-order valence-electron chi connectivity index (χ4n) is 3.80. The Kier molecular flexibility index (Phi) is 4.97. The Hall–Kier alpha value is -2.17. The van der Waals surface area contributed by atoms with Crippen molar-refractivity contribution in [3.8, 4) is 0 Å². The van der Waals surface area contributed by atoms with E-state index in [0.717, 1.165) is 31.2 Å². The standard InChI is InChI=1S/C19H24N2O3/c1-13(14-7-3-2-4-8-14)20-17(22)11-12-21-18(23)15-9-5-6-10-16(15)19(21)24/h2-4,7-8,13,15-16H,5-6,9-12H2,1H3,(H,20,22)/t13-,15-,16-/m0/s1. The van der Waals surface area contributed by atoms with Crippen molar-refractivity contribution >= 4 is 17.7 Å². The van der Waals surface area contributed by atoms with Crippen molar-refractivity contribution < 1.29 is 14.4 Å². The van der Waals surface area contributed by atoms with Crippen LogP contribution in [0.15, 0.2) is 30.3 Å². The predicted octanol–water partition coefficient (Wildman–Crippen LogP) is 2.43. The van der Waals surface area contributed by atoms with E-state index in [1.165, 1.54) is 4.90 Å². The Labute approximate surface area is 142 Å². The number of nitrogens with one attached hydrogen (secondary N) is 1. The molecule has 3 rings (SSSR count). The van der Waals surface area contributed by atoms with Crippen molar-refractivity contribution in [1.29, 1.82) is 0 Å². The maximum Gasteiger partial charge on any atom is 0.233 e. The lowest BCUT2D eigenvalue weighted by Crippen LogP contribution is -2.36. The van der Waals surface area contributed by atoms with Crippen LogP contribution in [0.5, 0.6) is 0 Å². The van der Waals surface area contributed by atoms with Crippen LogP contribution in [-0.2, 0) is 14.4 Å². The van der Waals surface area contributed by atoms with E-state index in [1.807, 2.05) is 37.3 Å². The molecule has 3 amide bonds. The second-order valence-corrected chi connectivity index (χ2v) is 6.78. The van der Waals surface area contributed by atoms with Crippen molar-refractivity contribution in [1.82, 2.24) is 10.2 Å². The number of carbonyl (C=O) groups excluding carboxylic acids is 3. The van der Waals surface area contributed by atoms with Crippen LogP contribution in [0.1, 0.15) is 50.6 Å². The van der Waals surface area contributed by atoms with E-state index in [2.05, 4.69) is 5.32 Å². The lowest BCUT2D eigenvalue weighted by Gasteiger charge is -2.19. The van der Waals surface area contributed by atoms with Gasteiger partial charge >= 0.3 is 0 Å². The third-order valence-corrected chi connectivity index (χ3v) is 5.17. The molecule has 1 N–H and O–H groups in total. The van der Waals surface area contributed by atoms with Gasteiger partial charge in [0.15, 0.2) is 0 Å². The molecular weight excluding hydrogens is 304 g/mol. The second-order valence-electron chi connectivity index (χ2n) is 6.78. The van der Waals surface area contributed by atoms with Crippen molar-refractivity contribution in [3.05, 3.63) is 35.9 Å². The maximum absolute atomic E-state index is 12.4. The highest BCUT2D eigenvalue weighted by atomic mass is 16.2. The molecule has 0 radical (unpaired) electrons. The minimum Gasteiger partial charge on any atom is -0.350 e. The van der Waals surface area contributed by atoms with Crippen molar-refractivity contribution in [2.24, 2.45) is 11.8 Å². The number of rotatable bonds is 5. The first-order valence-corrected chi connectivity index (χ1v) is 8.77. The van der Waals surface area contributed by atoms with E-state index in [-0.39, 0.29) is 48.6 Å². The highest BCUT2D eigenvalue weighted by Gasteiger charge is 2.47. The van der Waals surface area contributed by atoms with Gasteiger partial charge in [-0.1, -0.05) is 43.2 Å². The molecule has 1 aromatic carbocycles. The molecule has 2 aliphatic rings. The number of carbonyl (C=O) groups is 3. The van der Waals surface area contributed by atoms with Crippen molar-refractivity contribution in [2.75, 3.05) is 6.54 Å². The smallest absolute Gasteiger partial charge is 0.233 e. The van der Waals surface area contributed by atoms with E-state index >= 15 is 0 Å². The SMILES string of the molecule is C[C@H](NC(=O)CCN1C(=O)[C@H]2CCCC[C@@H]2C1=O)c1ccccc1. The van der Waals surface area contributed by atoms with Gasteiger partial charge in [0, 0.05) is 13.0 Å². The summed E-state index contributed by atoms with van der Waals surface area (Å²) in [5.74, 6) is -0.570. The van der Waals surface area contributed by atoms with Gasteiger partial charge < -0.3 is 5.32 Å². The Balaban J connectivity index is 1.53. The third kappa shape index (κ3) is 3.35. The average Bonchev–Trinajstić information content (AvgIpc) is 2.85. The fourth-order valence-corrected chi connectivity index (χ4v) is 3.80. The summed E-state index contributed by atoms with van der Waals surface area (Å²) in [6.07, 6.45) is 3.81. The highest BCUT2D eigenvalue weighted by molar-refractivity contribution is 6.05. The second kappa shape index (κ2) is 7.16. The summed E-state index contributed by atoms with van der Waals surface area (Å²) in [7, 11) is 0. The van der Waals surface area contributed by atoms with E-state index in [9.17, 15) is 14.4 Å². The molecule has 1 aliphatic carbocycles. The number of benzene rings is 1. The van der Waals surface area contributed by atoms with E-state index in [1.54, 1.807) is 0 Å². The lowest BCUT2D eigenvalue weighted by atomic mass is 9.81. The Morgan fingerprint density at radius 3 is 2.29 bits per heavy atom. The number of likely N-dealkylation sites (tertiary alicyclic amines) is 1. The molecule has 1 saturated carbocycles. The molecule has 5 nitrogen and oxygen atoms in total. The molecule has 3 atom stereocenters. The number of fused-ring (bicyclic) bond motifs is 1. The molecular formula is C19H24N2O3. The van der Waals surface area contributed by atoms with Gasteiger partial charge in [0.05, 0.1) is 17.9 Å². The first-order chi connectivity index (χ1) is 11.6. The largest absolute Gasteiger partial charge is 0.350 e. The molecule has 128 valence electrons. The van der Waals surface area contributed by atoms with Gasteiger partial charge in [-0.05, 0) is 25.3 Å². The molecule has 0 spiro atoms.